The second-order valence-corrected chi connectivity index (χ2v) is 2.90. The van der Waals surface area contributed by atoms with E-state index < -0.39 is 0 Å². The van der Waals surface area contributed by atoms with E-state index in [2.05, 4.69) is 6.08 Å². The molecule has 1 rings (SSSR count). The molecule has 60 valence electrons. The van der Waals surface area contributed by atoms with Gasteiger partial charge in [0.2, 0.25) is 0 Å². The molecule has 1 heteroatoms. The van der Waals surface area contributed by atoms with Crippen molar-refractivity contribution in [1.82, 2.24) is 0 Å². The molecule has 0 atom stereocenters. The van der Waals surface area contributed by atoms with Crippen LogP contribution in [0.2, 0.25) is 0 Å². The zero-order chi connectivity index (χ0) is 8.10. The van der Waals surface area contributed by atoms with Crippen LogP contribution in [0.1, 0.15) is 32.6 Å². The maximum absolute atomic E-state index is 10.9. The maximum atomic E-state index is 10.9. The molecule has 11 heavy (non-hydrogen) atoms. The standard InChI is InChI=1S/C10H14O/c1-9(11)10-7-5-3-2-4-6-8-10/h5,7-8H,2-4,6H2,1H3. The molecule has 0 amide bonds. The second kappa shape index (κ2) is 4.12. The normalized spacial score (nSPS) is 18.5. The van der Waals surface area contributed by atoms with Crippen molar-refractivity contribution in [3.63, 3.8) is 0 Å². The largest absolute Gasteiger partial charge is 0.295 e. The molecule has 0 aromatic carbocycles. The summed E-state index contributed by atoms with van der Waals surface area (Å²) in [6.07, 6.45) is 10.7. The lowest BCUT2D eigenvalue weighted by atomic mass is 10.0. The summed E-state index contributed by atoms with van der Waals surface area (Å²) >= 11 is 0. The van der Waals surface area contributed by atoms with E-state index >= 15 is 0 Å². The van der Waals surface area contributed by atoms with Crippen molar-refractivity contribution >= 4 is 5.78 Å². The van der Waals surface area contributed by atoms with Crippen LogP contribution in [0.4, 0.5) is 0 Å². The molecule has 0 spiro atoms. The fourth-order valence-electron chi connectivity index (χ4n) is 1.20. The fraction of sp³-hybridized carbons (Fsp3) is 0.500. The SMILES string of the molecule is CC(=O)C1=CCCCCC=C1. The van der Waals surface area contributed by atoms with E-state index in [-0.39, 0.29) is 5.78 Å². The maximum Gasteiger partial charge on any atom is 0.159 e. The quantitative estimate of drug-likeness (QED) is 0.561. The van der Waals surface area contributed by atoms with Crippen LogP contribution in [-0.4, -0.2) is 5.78 Å². The number of allylic oxidation sites excluding steroid dienone is 4. The Morgan fingerprint density at radius 2 is 2.09 bits per heavy atom. The van der Waals surface area contributed by atoms with E-state index in [9.17, 15) is 4.79 Å². The van der Waals surface area contributed by atoms with Gasteiger partial charge in [0.25, 0.3) is 0 Å². The van der Waals surface area contributed by atoms with Crippen molar-refractivity contribution in [2.75, 3.05) is 0 Å². The number of ketones is 1. The smallest absolute Gasteiger partial charge is 0.159 e. The van der Waals surface area contributed by atoms with Gasteiger partial charge in [-0.15, -0.1) is 0 Å². The number of hydrogen-bond acceptors (Lipinski definition) is 1. The highest BCUT2D eigenvalue weighted by Crippen LogP contribution is 2.10. The predicted octanol–water partition coefficient (Wildman–Crippen LogP) is 2.63. The van der Waals surface area contributed by atoms with Gasteiger partial charge >= 0.3 is 0 Å². The van der Waals surface area contributed by atoms with Gasteiger partial charge in [0.05, 0.1) is 0 Å². The summed E-state index contributed by atoms with van der Waals surface area (Å²) in [7, 11) is 0. The van der Waals surface area contributed by atoms with Gasteiger partial charge in [0.1, 0.15) is 0 Å². The molecule has 1 nitrogen and oxygen atoms in total. The lowest BCUT2D eigenvalue weighted by Gasteiger charge is -2.01. The first-order valence-electron chi connectivity index (χ1n) is 4.18. The first-order chi connectivity index (χ1) is 5.30. The van der Waals surface area contributed by atoms with Crippen LogP contribution < -0.4 is 0 Å². The van der Waals surface area contributed by atoms with Gasteiger partial charge in [0, 0.05) is 5.57 Å². The monoisotopic (exact) mass is 150 g/mol. The molecule has 0 aliphatic heterocycles. The van der Waals surface area contributed by atoms with Crippen molar-refractivity contribution in [3.8, 4) is 0 Å². The highest BCUT2D eigenvalue weighted by atomic mass is 16.1. The molecule has 0 radical (unpaired) electrons. The van der Waals surface area contributed by atoms with Crippen LogP contribution in [0.5, 0.6) is 0 Å². The highest BCUT2D eigenvalue weighted by Gasteiger charge is 1.99. The van der Waals surface area contributed by atoms with Gasteiger partial charge in [-0.1, -0.05) is 18.2 Å². The molecule has 0 saturated carbocycles. The summed E-state index contributed by atoms with van der Waals surface area (Å²) in [5.41, 5.74) is 0.879. The summed E-state index contributed by atoms with van der Waals surface area (Å²) < 4.78 is 0. The van der Waals surface area contributed by atoms with Gasteiger partial charge in [0.15, 0.2) is 5.78 Å². The lowest BCUT2D eigenvalue weighted by molar-refractivity contribution is -0.113. The Balaban J connectivity index is 2.66. The number of carbonyl (C=O) groups excluding carboxylic acids is 1. The molecule has 0 heterocycles. The molecule has 1 aliphatic carbocycles. The molecule has 0 aromatic heterocycles. The van der Waals surface area contributed by atoms with Crippen molar-refractivity contribution < 1.29 is 4.79 Å². The van der Waals surface area contributed by atoms with E-state index in [1.54, 1.807) is 6.92 Å². The third-order valence-electron chi connectivity index (χ3n) is 1.89. The minimum Gasteiger partial charge on any atom is -0.295 e. The third kappa shape index (κ3) is 2.71. The summed E-state index contributed by atoms with van der Waals surface area (Å²) in [5, 5.41) is 0. The van der Waals surface area contributed by atoms with Gasteiger partial charge < -0.3 is 0 Å². The first-order valence-corrected chi connectivity index (χ1v) is 4.18. The van der Waals surface area contributed by atoms with Crippen molar-refractivity contribution in [3.05, 3.63) is 23.8 Å². The minimum absolute atomic E-state index is 0.183. The Morgan fingerprint density at radius 3 is 2.82 bits per heavy atom. The molecule has 0 bridgehead atoms. The van der Waals surface area contributed by atoms with Crippen LogP contribution in [0.25, 0.3) is 0 Å². The van der Waals surface area contributed by atoms with Crippen molar-refractivity contribution in [1.29, 1.82) is 0 Å². The van der Waals surface area contributed by atoms with Crippen LogP contribution in [0, 0.1) is 0 Å². The predicted molar refractivity (Wildman–Crippen MR) is 46.4 cm³/mol. The lowest BCUT2D eigenvalue weighted by Crippen LogP contribution is -1.94. The summed E-state index contributed by atoms with van der Waals surface area (Å²) in [6, 6.07) is 0. The van der Waals surface area contributed by atoms with Gasteiger partial charge in [-0.2, -0.15) is 0 Å². The topological polar surface area (TPSA) is 17.1 Å². The Kier molecular flexibility index (Phi) is 3.09. The van der Waals surface area contributed by atoms with Crippen molar-refractivity contribution in [2.45, 2.75) is 32.6 Å². The average molecular weight is 150 g/mol. The van der Waals surface area contributed by atoms with Crippen LogP contribution >= 0.6 is 0 Å². The van der Waals surface area contributed by atoms with Crippen LogP contribution in [0.3, 0.4) is 0 Å². The number of hydrogen-bond donors (Lipinski definition) is 0. The van der Waals surface area contributed by atoms with E-state index in [1.807, 2.05) is 12.2 Å². The van der Waals surface area contributed by atoms with Crippen molar-refractivity contribution in [2.24, 2.45) is 0 Å². The molecule has 0 unspecified atom stereocenters. The Labute approximate surface area is 67.8 Å². The third-order valence-corrected chi connectivity index (χ3v) is 1.89. The Bertz CT molecular complexity index is 199. The van der Waals surface area contributed by atoms with Crippen LogP contribution in [0.15, 0.2) is 23.8 Å². The van der Waals surface area contributed by atoms with Crippen LogP contribution in [-0.2, 0) is 4.79 Å². The van der Waals surface area contributed by atoms with E-state index in [0.717, 1.165) is 18.4 Å². The molecule has 0 aromatic rings. The van der Waals surface area contributed by atoms with Gasteiger partial charge in [-0.3, -0.25) is 4.79 Å². The number of carbonyl (C=O) groups is 1. The first kappa shape index (κ1) is 8.25. The fourth-order valence-corrected chi connectivity index (χ4v) is 1.20. The van der Waals surface area contributed by atoms with E-state index in [4.69, 9.17) is 0 Å². The van der Waals surface area contributed by atoms with Gasteiger partial charge in [-0.05, 0) is 32.6 Å². The molecular weight excluding hydrogens is 136 g/mol. The minimum atomic E-state index is 0.183. The zero-order valence-corrected chi connectivity index (χ0v) is 6.97. The Hall–Kier alpha value is -0.850. The summed E-state index contributed by atoms with van der Waals surface area (Å²) in [5.74, 6) is 0.183. The number of Topliss-reactive ketones (excluding diaryl/α,β-unsaturated/α-hetero) is 1. The van der Waals surface area contributed by atoms with E-state index in [1.165, 1.54) is 12.8 Å². The average Bonchev–Trinajstić information content (AvgIpc) is 1.84. The number of rotatable bonds is 1. The summed E-state index contributed by atoms with van der Waals surface area (Å²) in [4.78, 5) is 10.9. The van der Waals surface area contributed by atoms with E-state index in [0.29, 0.717) is 0 Å². The molecule has 0 saturated heterocycles. The summed E-state index contributed by atoms with van der Waals surface area (Å²) in [6.45, 7) is 1.62. The Morgan fingerprint density at radius 1 is 1.36 bits per heavy atom. The highest BCUT2D eigenvalue weighted by molar-refractivity contribution is 5.95. The molecule has 0 fully saturated rings. The zero-order valence-electron chi connectivity index (χ0n) is 6.97. The molecule has 0 N–H and O–H groups in total. The second-order valence-electron chi connectivity index (χ2n) is 2.90. The molecule has 1 aliphatic rings. The molecular formula is C10H14O. The van der Waals surface area contributed by atoms with Gasteiger partial charge in [-0.25, -0.2) is 0 Å².